The molecule has 1 N–H and O–H groups in total. The fourth-order valence-electron chi connectivity index (χ4n) is 1.20. The van der Waals surface area contributed by atoms with Gasteiger partial charge in [-0.2, -0.15) is 0 Å². The van der Waals surface area contributed by atoms with Crippen LogP contribution < -0.4 is 5.32 Å². The molecular weight excluding hydrogens is 156 g/mol. The number of rotatable bonds is 0. The highest BCUT2D eigenvalue weighted by Crippen LogP contribution is 2.18. The molecular formula is C8H8N2S. The van der Waals surface area contributed by atoms with Crippen molar-refractivity contribution in [2.75, 3.05) is 5.32 Å². The van der Waals surface area contributed by atoms with Crippen molar-refractivity contribution in [3.63, 3.8) is 0 Å². The number of pyridine rings is 1. The number of anilines is 1. The molecule has 56 valence electrons. The number of nitrogens with zero attached hydrogens (tertiary/aromatic N) is 1. The van der Waals surface area contributed by atoms with Crippen LogP contribution >= 0.6 is 12.2 Å². The summed E-state index contributed by atoms with van der Waals surface area (Å²) in [6.45, 7) is 0. The van der Waals surface area contributed by atoms with Gasteiger partial charge in [0.2, 0.25) is 0 Å². The van der Waals surface area contributed by atoms with Gasteiger partial charge in [-0.15, -0.1) is 0 Å². The molecule has 1 aliphatic heterocycles. The van der Waals surface area contributed by atoms with Crippen LogP contribution in [0, 0.1) is 0 Å². The SMILES string of the molecule is S=C1CCc2cccnc2N1. The fourth-order valence-corrected chi connectivity index (χ4v) is 1.39. The number of thiocarbonyl (C=S) groups is 1. The van der Waals surface area contributed by atoms with E-state index in [1.54, 1.807) is 6.20 Å². The lowest BCUT2D eigenvalue weighted by molar-refractivity contribution is 1.00. The number of hydrogen-bond donors (Lipinski definition) is 1. The van der Waals surface area contributed by atoms with Gasteiger partial charge >= 0.3 is 0 Å². The van der Waals surface area contributed by atoms with Crippen LogP contribution in [-0.4, -0.2) is 9.97 Å². The minimum Gasteiger partial charge on any atom is -0.335 e. The van der Waals surface area contributed by atoms with Crippen molar-refractivity contribution in [1.29, 1.82) is 0 Å². The second-order valence-electron chi connectivity index (χ2n) is 2.56. The summed E-state index contributed by atoms with van der Waals surface area (Å²) in [5.41, 5.74) is 1.26. The molecule has 2 nitrogen and oxygen atoms in total. The quantitative estimate of drug-likeness (QED) is 0.591. The molecule has 3 heteroatoms. The van der Waals surface area contributed by atoms with E-state index >= 15 is 0 Å². The van der Waals surface area contributed by atoms with E-state index in [-0.39, 0.29) is 0 Å². The summed E-state index contributed by atoms with van der Waals surface area (Å²) in [6, 6.07) is 4.03. The Bertz CT molecular complexity index is 296. The first-order valence-electron chi connectivity index (χ1n) is 3.60. The van der Waals surface area contributed by atoms with Crippen LogP contribution in [0.25, 0.3) is 0 Å². The average Bonchev–Trinajstić information content (AvgIpc) is 2.04. The zero-order valence-corrected chi connectivity index (χ0v) is 6.82. The average molecular weight is 164 g/mol. The molecule has 1 aliphatic rings. The molecule has 0 atom stereocenters. The Labute approximate surface area is 70.6 Å². The Kier molecular flexibility index (Phi) is 1.58. The second-order valence-corrected chi connectivity index (χ2v) is 3.05. The maximum absolute atomic E-state index is 5.03. The second kappa shape index (κ2) is 2.58. The van der Waals surface area contributed by atoms with Crippen molar-refractivity contribution in [2.24, 2.45) is 0 Å². The van der Waals surface area contributed by atoms with E-state index in [0.717, 1.165) is 23.6 Å². The van der Waals surface area contributed by atoms with Gasteiger partial charge in [0.05, 0.1) is 4.99 Å². The highest BCUT2D eigenvalue weighted by Gasteiger charge is 2.11. The Morgan fingerprint density at radius 1 is 1.45 bits per heavy atom. The lowest BCUT2D eigenvalue weighted by Crippen LogP contribution is -2.17. The van der Waals surface area contributed by atoms with Gasteiger partial charge in [-0.3, -0.25) is 0 Å². The monoisotopic (exact) mass is 164 g/mol. The van der Waals surface area contributed by atoms with Crippen LogP contribution in [0.5, 0.6) is 0 Å². The van der Waals surface area contributed by atoms with E-state index in [1.807, 2.05) is 6.07 Å². The Morgan fingerprint density at radius 3 is 3.27 bits per heavy atom. The molecule has 0 fully saturated rings. The van der Waals surface area contributed by atoms with E-state index in [9.17, 15) is 0 Å². The first-order chi connectivity index (χ1) is 5.36. The third-order valence-electron chi connectivity index (χ3n) is 1.77. The molecule has 0 radical (unpaired) electrons. The van der Waals surface area contributed by atoms with Crippen LogP contribution in [-0.2, 0) is 6.42 Å². The highest BCUT2D eigenvalue weighted by atomic mass is 32.1. The number of aromatic nitrogens is 1. The zero-order valence-electron chi connectivity index (χ0n) is 6.00. The summed E-state index contributed by atoms with van der Waals surface area (Å²) in [4.78, 5) is 5.07. The third kappa shape index (κ3) is 1.24. The van der Waals surface area contributed by atoms with Crippen LogP contribution in [0.3, 0.4) is 0 Å². The summed E-state index contributed by atoms with van der Waals surface area (Å²) < 4.78 is 0. The van der Waals surface area contributed by atoms with Crippen molar-refractivity contribution in [3.05, 3.63) is 23.9 Å². The summed E-state index contributed by atoms with van der Waals surface area (Å²) >= 11 is 5.03. The summed E-state index contributed by atoms with van der Waals surface area (Å²) in [5, 5.41) is 3.08. The van der Waals surface area contributed by atoms with Gasteiger partial charge in [0.25, 0.3) is 0 Å². The van der Waals surface area contributed by atoms with Gasteiger partial charge in [-0.05, 0) is 18.1 Å². The van der Waals surface area contributed by atoms with Gasteiger partial charge in [-0.1, -0.05) is 18.3 Å². The Hall–Kier alpha value is -0.960. The lowest BCUT2D eigenvalue weighted by atomic mass is 10.1. The smallest absolute Gasteiger partial charge is 0.133 e. The highest BCUT2D eigenvalue weighted by molar-refractivity contribution is 7.80. The van der Waals surface area contributed by atoms with E-state index in [1.165, 1.54) is 5.56 Å². The molecule has 0 aliphatic carbocycles. The zero-order chi connectivity index (χ0) is 7.68. The van der Waals surface area contributed by atoms with Crippen LogP contribution in [0.4, 0.5) is 5.82 Å². The van der Waals surface area contributed by atoms with Gasteiger partial charge in [0.1, 0.15) is 5.82 Å². The topological polar surface area (TPSA) is 24.9 Å². The van der Waals surface area contributed by atoms with Crippen molar-refractivity contribution in [3.8, 4) is 0 Å². The van der Waals surface area contributed by atoms with Crippen molar-refractivity contribution >= 4 is 23.0 Å². The minimum atomic E-state index is 0.899. The standard InChI is InChI=1S/C8H8N2S/c11-7-4-3-6-2-1-5-9-8(6)10-7/h1-2,5H,3-4H2,(H,9,10,11). The predicted molar refractivity (Wildman–Crippen MR) is 48.8 cm³/mol. The Balaban J connectivity index is 2.41. The summed E-state index contributed by atoms with van der Waals surface area (Å²) in [6.07, 6.45) is 3.75. The fraction of sp³-hybridized carbons (Fsp3) is 0.250. The molecule has 1 aromatic heterocycles. The minimum absolute atomic E-state index is 0.899. The van der Waals surface area contributed by atoms with Gasteiger partial charge in [-0.25, -0.2) is 4.98 Å². The van der Waals surface area contributed by atoms with Crippen LogP contribution in [0.2, 0.25) is 0 Å². The molecule has 0 unspecified atom stereocenters. The van der Waals surface area contributed by atoms with Crippen molar-refractivity contribution in [2.45, 2.75) is 12.8 Å². The maximum atomic E-state index is 5.03. The van der Waals surface area contributed by atoms with Crippen molar-refractivity contribution < 1.29 is 0 Å². The van der Waals surface area contributed by atoms with Crippen LogP contribution in [0.1, 0.15) is 12.0 Å². The molecule has 2 rings (SSSR count). The first-order valence-corrected chi connectivity index (χ1v) is 4.01. The number of fused-ring (bicyclic) bond motifs is 1. The van der Waals surface area contributed by atoms with Crippen LogP contribution in [0.15, 0.2) is 18.3 Å². The van der Waals surface area contributed by atoms with E-state index < -0.39 is 0 Å². The molecule has 0 bridgehead atoms. The summed E-state index contributed by atoms with van der Waals surface area (Å²) in [7, 11) is 0. The molecule has 0 amide bonds. The van der Waals surface area contributed by atoms with Gasteiger partial charge in [0, 0.05) is 12.6 Å². The lowest BCUT2D eigenvalue weighted by Gasteiger charge is -2.16. The maximum Gasteiger partial charge on any atom is 0.133 e. The van der Waals surface area contributed by atoms with E-state index in [2.05, 4.69) is 16.4 Å². The van der Waals surface area contributed by atoms with Gasteiger partial charge in [0.15, 0.2) is 0 Å². The van der Waals surface area contributed by atoms with E-state index in [0.29, 0.717) is 0 Å². The molecule has 0 saturated carbocycles. The number of hydrogen-bond acceptors (Lipinski definition) is 2. The van der Waals surface area contributed by atoms with Gasteiger partial charge < -0.3 is 5.32 Å². The largest absolute Gasteiger partial charge is 0.335 e. The molecule has 11 heavy (non-hydrogen) atoms. The van der Waals surface area contributed by atoms with E-state index in [4.69, 9.17) is 12.2 Å². The summed E-state index contributed by atoms with van der Waals surface area (Å²) in [5.74, 6) is 0.934. The number of aryl methyl sites for hydroxylation is 1. The Morgan fingerprint density at radius 2 is 2.36 bits per heavy atom. The molecule has 0 spiro atoms. The van der Waals surface area contributed by atoms with Crippen molar-refractivity contribution in [1.82, 2.24) is 4.98 Å². The third-order valence-corrected chi connectivity index (χ3v) is 2.08. The first kappa shape index (κ1) is 6.73. The molecule has 0 saturated heterocycles. The molecule has 0 aromatic carbocycles. The number of nitrogens with one attached hydrogen (secondary N) is 1. The molecule has 1 aromatic rings. The molecule has 2 heterocycles. The predicted octanol–water partition coefficient (Wildman–Crippen LogP) is 1.77. The normalized spacial score (nSPS) is 15.5.